The Morgan fingerprint density at radius 3 is 2.32 bits per heavy atom. The fourth-order valence-electron chi connectivity index (χ4n) is 4.15. The molecule has 0 aliphatic heterocycles. The highest BCUT2D eigenvalue weighted by atomic mass is 19.4. The highest BCUT2D eigenvalue weighted by molar-refractivity contribution is 6.22. The van der Waals surface area contributed by atoms with Crippen molar-refractivity contribution < 1.29 is 27.6 Å². The van der Waals surface area contributed by atoms with Gasteiger partial charge in [-0.05, 0) is 62.8 Å². The fourth-order valence-corrected chi connectivity index (χ4v) is 4.15. The van der Waals surface area contributed by atoms with Crippen molar-refractivity contribution in [2.45, 2.75) is 51.6 Å². The zero-order chi connectivity index (χ0) is 18.5. The summed E-state index contributed by atoms with van der Waals surface area (Å²) in [6, 6.07) is 0. The fraction of sp³-hybridized carbons (Fsp3) is 0.526. The summed E-state index contributed by atoms with van der Waals surface area (Å²) < 4.78 is 42.2. The van der Waals surface area contributed by atoms with E-state index in [2.05, 4.69) is 0 Å². The van der Waals surface area contributed by atoms with E-state index in [-0.39, 0.29) is 60.6 Å². The van der Waals surface area contributed by atoms with Crippen LogP contribution in [-0.2, 0) is 14.4 Å². The van der Waals surface area contributed by atoms with Crippen molar-refractivity contribution in [1.29, 1.82) is 0 Å². The molecule has 1 saturated carbocycles. The molecule has 3 aliphatic rings. The van der Waals surface area contributed by atoms with Gasteiger partial charge in [0.05, 0.1) is 5.41 Å². The Hall–Kier alpha value is -1.98. The van der Waals surface area contributed by atoms with Crippen LogP contribution >= 0.6 is 0 Å². The smallest absolute Gasteiger partial charge is 0.295 e. The van der Waals surface area contributed by atoms with Gasteiger partial charge in [0.2, 0.25) is 0 Å². The number of hydrogen-bond acceptors (Lipinski definition) is 3. The predicted molar refractivity (Wildman–Crippen MR) is 84.6 cm³/mol. The van der Waals surface area contributed by atoms with Crippen molar-refractivity contribution in [3.63, 3.8) is 0 Å². The van der Waals surface area contributed by atoms with Crippen LogP contribution in [0.3, 0.4) is 0 Å². The summed E-state index contributed by atoms with van der Waals surface area (Å²) in [7, 11) is 0. The van der Waals surface area contributed by atoms with Crippen LogP contribution in [0.4, 0.5) is 13.2 Å². The second kappa shape index (κ2) is 5.78. The Morgan fingerprint density at radius 1 is 1.08 bits per heavy atom. The number of ketones is 3. The SMILES string of the molecule is CC1(C/C=C2\CCCC3=CC(=O)CCC32C(F)(F)F)C(=O)C=CC1=O. The zero-order valence-corrected chi connectivity index (χ0v) is 13.9. The third-order valence-electron chi connectivity index (χ3n) is 5.78. The van der Waals surface area contributed by atoms with Crippen molar-refractivity contribution in [3.05, 3.63) is 35.5 Å². The molecule has 25 heavy (non-hydrogen) atoms. The van der Waals surface area contributed by atoms with Gasteiger partial charge in [0, 0.05) is 6.42 Å². The predicted octanol–water partition coefficient (Wildman–Crippen LogP) is 4.04. The maximum absolute atomic E-state index is 14.1. The van der Waals surface area contributed by atoms with Crippen LogP contribution in [0.25, 0.3) is 0 Å². The average molecular weight is 352 g/mol. The molecule has 0 heterocycles. The first-order valence-electron chi connectivity index (χ1n) is 8.38. The van der Waals surface area contributed by atoms with Gasteiger partial charge in [0.15, 0.2) is 17.3 Å². The van der Waals surface area contributed by atoms with E-state index >= 15 is 0 Å². The number of rotatable bonds is 2. The van der Waals surface area contributed by atoms with Gasteiger partial charge in [-0.3, -0.25) is 14.4 Å². The summed E-state index contributed by atoms with van der Waals surface area (Å²) in [5.74, 6) is -1.02. The number of halogens is 3. The van der Waals surface area contributed by atoms with E-state index in [0.717, 1.165) is 6.08 Å². The minimum absolute atomic E-state index is 0.0495. The minimum atomic E-state index is -4.51. The summed E-state index contributed by atoms with van der Waals surface area (Å²) in [6.45, 7) is 1.47. The molecule has 1 fully saturated rings. The van der Waals surface area contributed by atoms with Crippen LogP contribution in [0.5, 0.6) is 0 Å². The largest absolute Gasteiger partial charge is 0.401 e. The summed E-state index contributed by atoms with van der Waals surface area (Å²) in [6.07, 6.45) is 1.01. The molecule has 134 valence electrons. The van der Waals surface area contributed by atoms with Crippen LogP contribution in [-0.4, -0.2) is 23.5 Å². The van der Waals surface area contributed by atoms with Crippen LogP contribution in [0, 0.1) is 10.8 Å². The van der Waals surface area contributed by atoms with Crippen molar-refractivity contribution in [1.82, 2.24) is 0 Å². The van der Waals surface area contributed by atoms with Crippen LogP contribution in [0.2, 0.25) is 0 Å². The third-order valence-corrected chi connectivity index (χ3v) is 5.78. The minimum Gasteiger partial charge on any atom is -0.295 e. The maximum atomic E-state index is 14.1. The zero-order valence-electron chi connectivity index (χ0n) is 13.9. The van der Waals surface area contributed by atoms with Crippen LogP contribution < -0.4 is 0 Å². The maximum Gasteiger partial charge on any atom is 0.401 e. The van der Waals surface area contributed by atoms with E-state index in [9.17, 15) is 27.6 Å². The van der Waals surface area contributed by atoms with E-state index in [4.69, 9.17) is 0 Å². The first-order valence-corrected chi connectivity index (χ1v) is 8.38. The molecule has 0 aromatic carbocycles. The molecular formula is C19H19F3O3. The normalized spacial score (nSPS) is 30.6. The molecule has 3 rings (SSSR count). The lowest BCUT2D eigenvalue weighted by atomic mass is 9.60. The van der Waals surface area contributed by atoms with Crippen molar-refractivity contribution >= 4 is 17.3 Å². The standard InChI is InChI=1S/C19H19F3O3/c1-17(15(24)5-6-16(17)25)9-7-12-3-2-4-13-11-14(23)8-10-18(12,13)19(20,21)22/h5-7,11H,2-4,8-10H2,1H3/b12-7+. The van der Waals surface area contributed by atoms with Gasteiger partial charge >= 0.3 is 6.18 Å². The number of carbonyl (C=O) groups excluding carboxylic acids is 3. The summed E-state index contributed by atoms with van der Waals surface area (Å²) in [4.78, 5) is 35.6. The first kappa shape index (κ1) is 17.8. The molecule has 6 heteroatoms. The Kier molecular flexibility index (Phi) is 4.12. The lowest BCUT2D eigenvalue weighted by molar-refractivity contribution is -0.203. The van der Waals surface area contributed by atoms with Gasteiger partial charge in [0.1, 0.15) is 5.41 Å². The summed E-state index contributed by atoms with van der Waals surface area (Å²) in [5.41, 5.74) is -3.11. The first-order chi connectivity index (χ1) is 11.6. The van der Waals surface area contributed by atoms with Crippen molar-refractivity contribution in [3.8, 4) is 0 Å². The summed E-state index contributed by atoms with van der Waals surface area (Å²) in [5, 5.41) is 0. The molecule has 1 atom stereocenters. The van der Waals surface area contributed by atoms with Gasteiger partial charge in [-0.1, -0.05) is 11.6 Å². The van der Waals surface area contributed by atoms with E-state index in [1.807, 2.05) is 0 Å². The third kappa shape index (κ3) is 2.62. The highest BCUT2D eigenvalue weighted by Crippen LogP contribution is 2.59. The molecule has 1 unspecified atom stereocenters. The van der Waals surface area contributed by atoms with Gasteiger partial charge in [0.25, 0.3) is 0 Å². The topological polar surface area (TPSA) is 51.2 Å². The molecule has 0 bridgehead atoms. The Bertz CT molecular complexity index is 722. The molecule has 0 radical (unpaired) electrons. The van der Waals surface area contributed by atoms with E-state index < -0.39 is 17.0 Å². The second-order valence-corrected chi connectivity index (χ2v) is 7.22. The molecule has 0 amide bonds. The summed E-state index contributed by atoms with van der Waals surface area (Å²) >= 11 is 0. The van der Waals surface area contributed by atoms with Gasteiger partial charge < -0.3 is 0 Å². The lowest BCUT2D eigenvalue weighted by Gasteiger charge is -2.45. The lowest BCUT2D eigenvalue weighted by Crippen LogP contribution is -2.46. The Morgan fingerprint density at radius 2 is 1.72 bits per heavy atom. The van der Waals surface area contributed by atoms with Crippen LogP contribution in [0.15, 0.2) is 35.5 Å². The van der Waals surface area contributed by atoms with Crippen molar-refractivity contribution in [2.24, 2.45) is 10.8 Å². The molecule has 0 aromatic heterocycles. The Balaban J connectivity index is 2.02. The molecule has 0 saturated heterocycles. The second-order valence-electron chi connectivity index (χ2n) is 7.22. The van der Waals surface area contributed by atoms with Crippen molar-refractivity contribution in [2.75, 3.05) is 0 Å². The van der Waals surface area contributed by atoms with Gasteiger partial charge in [-0.25, -0.2) is 0 Å². The van der Waals surface area contributed by atoms with Crippen LogP contribution in [0.1, 0.15) is 45.4 Å². The van der Waals surface area contributed by atoms with Gasteiger partial charge in [-0.15, -0.1) is 0 Å². The number of hydrogen-bond donors (Lipinski definition) is 0. The molecule has 0 aromatic rings. The van der Waals surface area contributed by atoms with Gasteiger partial charge in [-0.2, -0.15) is 13.2 Å². The highest BCUT2D eigenvalue weighted by Gasteiger charge is 2.60. The number of allylic oxidation sites excluding steroid dienone is 6. The number of fused-ring (bicyclic) bond motifs is 1. The quantitative estimate of drug-likeness (QED) is 0.557. The van der Waals surface area contributed by atoms with E-state index in [0.29, 0.717) is 6.42 Å². The molecule has 3 aliphatic carbocycles. The van der Waals surface area contributed by atoms with E-state index in [1.54, 1.807) is 0 Å². The van der Waals surface area contributed by atoms with E-state index in [1.165, 1.54) is 25.2 Å². The molecule has 0 N–H and O–H groups in total. The molecule has 3 nitrogen and oxygen atoms in total. The average Bonchev–Trinajstić information content (AvgIpc) is 2.79. The number of alkyl halides is 3. The molecule has 0 spiro atoms. The molecular weight excluding hydrogens is 333 g/mol. The number of carbonyl (C=O) groups is 3. The monoisotopic (exact) mass is 352 g/mol. The Labute approximate surface area is 143 Å².